The van der Waals surface area contributed by atoms with E-state index in [4.69, 9.17) is 0 Å². The summed E-state index contributed by atoms with van der Waals surface area (Å²) in [6.07, 6.45) is 6.86. The Labute approximate surface area is 183 Å². The Bertz CT molecular complexity index is 1270. The number of amides is 2. The number of carbonyl (C=O) groups excluding carboxylic acids is 1. The van der Waals surface area contributed by atoms with E-state index in [1.165, 1.54) is 29.6 Å². The molecule has 1 fully saturated rings. The summed E-state index contributed by atoms with van der Waals surface area (Å²) in [6, 6.07) is 9.41. The number of anilines is 2. The number of H-pyrrole nitrogens is 1. The maximum atomic E-state index is 14.9. The number of aromatic amines is 1. The van der Waals surface area contributed by atoms with Gasteiger partial charge < -0.3 is 15.4 Å². The third-order valence-corrected chi connectivity index (χ3v) is 5.47. The van der Waals surface area contributed by atoms with Gasteiger partial charge in [-0.15, -0.1) is 0 Å². The second kappa shape index (κ2) is 8.35. The van der Waals surface area contributed by atoms with Crippen LogP contribution in [0.1, 0.15) is 24.5 Å². The van der Waals surface area contributed by atoms with Crippen LogP contribution in [-0.4, -0.2) is 44.2 Å². The molecule has 8 nitrogen and oxygen atoms in total. The number of halogens is 1. The summed E-state index contributed by atoms with van der Waals surface area (Å²) in [5.41, 5.74) is 3.61. The van der Waals surface area contributed by atoms with Crippen molar-refractivity contribution in [3.63, 3.8) is 0 Å². The number of nitrogens with zero attached hydrogens (tertiary/aromatic N) is 4. The zero-order valence-electron chi connectivity index (χ0n) is 17.1. The van der Waals surface area contributed by atoms with Crippen molar-refractivity contribution in [3.05, 3.63) is 66.6 Å². The van der Waals surface area contributed by atoms with Gasteiger partial charge in [0.25, 0.3) is 0 Å². The number of rotatable bonds is 6. The lowest BCUT2D eigenvalue weighted by atomic mass is 10.1. The molecule has 0 atom stereocenters. The van der Waals surface area contributed by atoms with Gasteiger partial charge >= 0.3 is 6.03 Å². The van der Waals surface area contributed by atoms with Gasteiger partial charge in [0.2, 0.25) is 0 Å². The average molecular weight is 432 g/mol. The number of aromatic nitrogens is 4. The molecular weight excluding hydrogens is 411 g/mol. The Morgan fingerprint density at radius 3 is 2.84 bits per heavy atom. The zero-order valence-corrected chi connectivity index (χ0v) is 17.1. The molecule has 0 aliphatic heterocycles. The molecular formula is C23H21FN6O2. The number of hydrogen-bond acceptors (Lipinski definition) is 5. The Balaban J connectivity index is 1.41. The number of pyridine rings is 1. The lowest BCUT2D eigenvalue weighted by molar-refractivity contribution is 0.252. The fourth-order valence-corrected chi connectivity index (χ4v) is 3.71. The van der Waals surface area contributed by atoms with Crippen molar-refractivity contribution in [1.82, 2.24) is 19.9 Å². The first kappa shape index (κ1) is 20.1. The maximum absolute atomic E-state index is 14.9. The number of urea groups is 1. The van der Waals surface area contributed by atoms with E-state index in [2.05, 4.69) is 25.3 Å². The van der Waals surface area contributed by atoms with Crippen molar-refractivity contribution in [2.24, 2.45) is 0 Å². The summed E-state index contributed by atoms with van der Waals surface area (Å²) >= 11 is 0. The van der Waals surface area contributed by atoms with Crippen molar-refractivity contribution in [1.29, 1.82) is 0 Å². The highest BCUT2D eigenvalue weighted by atomic mass is 19.1. The van der Waals surface area contributed by atoms with Crippen LogP contribution in [-0.2, 0) is 0 Å². The van der Waals surface area contributed by atoms with E-state index in [1.807, 2.05) is 6.07 Å². The van der Waals surface area contributed by atoms with E-state index < -0.39 is 11.8 Å². The molecule has 0 saturated heterocycles. The summed E-state index contributed by atoms with van der Waals surface area (Å²) in [7, 11) is 0. The summed E-state index contributed by atoms with van der Waals surface area (Å²) < 4.78 is 14.9. The lowest BCUT2D eigenvalue weighted by Crippen LogP contribution is -2.37. The molecule has 0 unspecified atom stereocenters. The highest BCUT2D eigenvalue weighted by molar-refractivity contribution is 6.02. The third-order valence-electron chi connectivity index (χ3n) is 5.47. The number of fused-ring (bicyclic) bond motifs is 1. The van der Waals surface area contributed by atoms with Crippen LogP contribution in [0.25, 0.3) is 22.3 Å². The molecule has 0 spiro atoms. The molecule has 1 aliphatic carbocycles. The minimum Gasteiger partial charge on any atom is -0.395 e. The molecule has 5 rings (SSSR count). The normalized spacial score (nSPS) is 13.3. The number of carbonyl (C=O) groups is 1. The van der Waals surface area contributed by atoms with Crippen molar-refractivity contribution >= 4 is 28.4 Å². The average Bonchev–Trinajstić information content (AvgIpc) is 3.57. The predicted octanol–water partition coefficient (Wildman–Crippen LogP) is 4.07. The molecule has 1 saturated carbocycles. The standard InChI is InChI=1S/C23H21FN6O2/c24-18-10-15(21-17-11-20(14-3-4-14)28-22(17)27-13-26-21)5-6-19(18)29-23(32)30(8-9-31)16-2-1-7-25-12-16/h1-2,5-7,10-14,31H,3-4,8-9H2,(H,29,32)(H,26,27,28). The van der Waals surface area contributed by atoms with E-state index in [-0.39, 0.29) is 18.8 Å². The largest absolute Gasteiger partial charge is 0.395 e. The first-order valence-electron chi connectivity index (χ1n) is 10.4. The van der Waals surface area contributed by atoms with Gasteiger partial charge in [0.15, 0.2) is 0 Å². The monoisotopic (exact) mass is 432 g/mol. The van der Waals surface area contributed by atoms with Gasteiger partial charge in [0, 0.05) is 22.8 Å². The van der Waals surface area contributed by atoms with Gasteiger partial charge in [0.1, 0.15) is 17.8 Å². The molecule has 32 heavy (non-hydrogen) atoms. The summed E-state index contributed by atoms with van der Waals surface area (Å²) in [5.74, 6) is -0.0521. The summed E-state index contributed by atoms with van der Waals surface area (Å²) in [5, 5.41) is 12.7. The molecule has 4 aromatic rings. The molecule has 3 aromatic heterocycles. The molecule has 3 heterocycles. The third kappa shape index (κ3) is 3.90. The first-order chi connectivity index (χ1) is 15.6. The quantitative estimate of drug-likeness (QED) is 0.426. The number of nitrogens with one attached hydrogen (secondary N) is 2. The smallest absolute Gasteiger partial charge is 0.326 e. The highest BCUT2D eigenvalue weighted by Crippen LogP contribution is 2.41. The van der Waals surface area contributed by atoms with Gasteiger partial charge in [-0.05, 0) is 49.1 Å². The minimum absolute atomic E-state index is 0.0311. The first-order valence-corrected chi connectivity index (χ1v) is 10.4. The van der Waals surface area contributed by atoms with Crippen molar-refractivity contribution in [3.8, 4) is 11.3 Å². The molecule has 162 valence electrons. The molecule has 1 aliphatic rings. The van der Waals surface area contributed by atoms with Crippen LogP contribution in [0.4, 0.5) is 20.6 Å². The van der Waals surface area contributed by atoms with Gasteiger partial charge in [-0.3, -0.25) is 9.88 Å². The predicted molar refractivity (Wildman–Crippen MR) is 119 cm³/mol. The highest BCUT2D eigenvalue weighted by Gasteiger charge is 2.26. The molecule has 9 heteroatoms. The van der Waals surface area contributed by atoms with Gasteiger partial charge in [0.05, 0.1) is 36.4 Å². The van der Waals surface area contributed by atoms with Crippen molar-refractivity contribution in [2.45, 2.75) is 18.8 Å². The van der Waals surface area contributed by atoms with E-state index >= 15 is 0 Å². The Morgan fingerprint density at radius 1 is 1.25 bits per heavy atom. The second-order valence-electron chi connectivity index (χ2n) is 7.69. The number of benzene rings is 1. The minimum atomic E-state index is -0.587. The van der Waals surface area contributed by atoms with Gasteiger partial charge in [-0.1, -0.05) is 6.07 Å². The van der Waals surface area contributed by atoms with E-state index in [9.17, 15) is 14.3 Å². The van der Waals surface area contributed by atoms with Crippen LogP contribution in [0.3, 0.4) is 0 Å². The van der Waals surface area contributed by atoms with Crippen LogP contribution in [0.5, 0.6) is 0 Å². The van der Waals surface area contributed by atoms with Crippen molar-refractivity contribution in [2.75, 3.05) is 23.4 Å². The summed E-state index contributed by atoms with van der Waals surface area (Å²) in [4.78, 5) is 30.0. The van der Waals surface area contributed by atoms with E-state index in [1.54, 1.807) is 24.4 Å². The Kier molecular flexibility index (Phi) is 5.24. The molecule has 0 bridgehead atoms. The van der Waals surface area contributed by atoms with Gasteiger partial charge in [-0.25, -0.2) is 19.2 Å². The lowest BCUT2D eigenvalue weighted by Gasteiger charge is -2.22. The van der Waals surface area contributed by atoms with Crippen molar-refractivity contribution < 1.29 is 14.3 Å². The second-order valence-corrected chi connectivity index (χ2v) is 7.69. The van der Waals surface area contributed by atoms with Crippen LogP contribution in [0.2, 0.25) is 0 Å². The van der Waals surface area contributed by atoms with Crippen LogP contribution in [0, 0.1) is 5.82 Å². The van der Waals surface area contributed by atoms with Gasteiger partial charge in [-0.2, -0.15) is 0 Å². The number of aliphatic hydroxyl groups is 1. The fourth-order valence-electron chi connectivity index (χ4n) is 3.71. The Morgan fingerprint density at radius 2 is 2.12 bits per heavy atom. The van der Waals surface area contributed by atoms with Crippen LogP contribution >= 0.6 is 0 Å². The van der Waals surface area contributed by atoms with Crippen LogP contribution < -0.4 is 10.2 Å². The zero-order chi connectivity index (χ0) is 22.1. The number of hydrogen-bond donors (Lipinski definition) is 3. The van der Waals surface area contributed by atoms with E-state index in [0.717, 1.165) is 29.6 Å². The molecule has 1 aromatic carbocycles. The van der Waals surface area contributed by atoms with Crippen LogP contribution in [0.15, 0.2) is 55.1 Å². The number of aliphatic hydroxyl groups excluding tert-OH is 1. The SMILES string of the molecule is O=C(Nc1ccc(-c2ncnc3[nH]c(C4CC4)cc23)cc1F)N(CCO)c1cccnc1. The Hall–Kier alpha value is -3.85. The molecule has 2 amide bonds. The fraction of sp³-hybridized carbons (Fsp3) is 0.217. The maximum Gasteiger partial charge on any atom is 0.326 e. The topological polar surface area (TPSA) is 107 Å². The van der Waals surface area contributed by atoms with E-state index in [0.29, 0.717) is 22.9 Å². The summed E-state index contributed by atoms with van der Waals surface area (Å²) in [6.45, 7) is -0.195. The molecule has 0 radical (unpaired) electrons. The molecule has 3 N–H and O–H groups in total.